The highest BCUT2D eigenvalue weighted by molar-refractivity contribution is 7.21. The quantitative estimate of drug-likeness (QED) is 0.493. The van der Waals surface area contributed by atoms with Crippen molar-refractivity contribution in [2.24, 2.45) is 0 Å². The molecule has 0 saturated carbocycles. The fourth-order valence-electron chi connectivity index (χ4n) is 2.96. The number of carbonyl (C=O) groups excluding carboxylic acids is 2. The van der Waals surface area contributed by atoms with Crippen LogP contribution in [0.15, 0.2) is 65.1 Å². The van der Waals surface area contributed by atoms with Crippen LogP contribution in [0.3, 0.4) is 0 Å². The molecule has 2 amide bonds. The third-order valence-corrected chi connectivity index (χ3v) is 5.49. The normalized spacial score (nSPS) is 15.0. The number of nitrogens with zero attached hydrogens (tertiary/aromatic N) is 1. The number of amides is 2. The number of para-hydroxylation sites is 3. The van der Waals surface area contributed by atoms with Gasteiger partial charge in [-0.1, -0.05) is 24.3 Å². The van der Waals surface area contributed by atoms with E-state index in [-0.39, 0.29) is 12.4 Å². The summed E-state index contributed by atoms with van der Waals surface area (Å²) in [7, 11) is 0. The third kappa shape index (κ3) is 3.46. The van der Waals surface area contributed by atoms with E-state index in [0.29, 0.717) is 22.3 Å². The van der Waals surface area contributed by atoms with Gasteiger partial charge >= 0.3 is 5.91 Å². The predicted molar refractivity (Wildman–Crippen MR) is 109 cm³/mol. The van der Waals surface area contributed by atoms with Gasteiger partial charge in [0, 0.05) is 0 Å². The molecule has 8 nitrogen and oxygen atoms in total. The van der Waals surface area contributed by atoms with Crippen molar-refractivity contribution in [3.63, 3.8) is 0 Å². The molecule has 0 radical (unpaired) electrons. The summed E-state index contributed by atoms with van der Waals surface area (Å²) in [6.45, 7) is 0.0429. The van der Waals surface area contributed by atoms with Crippen LogP contribution >= 0.6 is 11.3 Å². The summed E-state index contributed by atoms with van der Waals surface area (Å²) in [5.74, 6) is 0.456. The highest BCUT2D eigenvalue weighted by Gasteiger charge is 2.28. The van der Waals surface area contributed by atoms with Gasteiger partial charge in [0.25, 0.3) is 5.91 Å². The Morgan fingerprint density at radius 3 is 2.63 bits per heavy atom. The second-order valence-corrected chi connectivity index (χ2v) is 7.49. The van der Waals surface area contributed by atoms with E-state index >= 15 is 0 Å². The van der Waals surface area contributed by atoms with Crippen LogP contribution in [0.4, 0.5) is 0 Å². The average Bonchev–Trinajstić information content (AvgIpc) is 3.44. The first-order valence-electron chi connectivity index (χ1n) is 9.12. The van der Waals surface area contributed by atoms with Gasteiger partial charge in [-0.2, -0.15) is 0 Å². The minimum absolute atomic E-state index is 0.0429. The van der Waals surface area contributed by atoms with E-state index in [1.165, 1.54) is 17.4 Å². The van der Waals surface area contributed by atoms with Crippen LogP contribution < -0.4 is 20.3 Å². The minimum Gasteiger partial charge on any atom is -0.485 e. The number of hydrogen-bond acceptors (Lipinski definition) is 7. The zero-order chi connectivity index (χ0) is 20.5. The van der Waals surface area contributed by atoms with Gasteiger partial charge in [0.15, 0.2) is 28.0 Å². The molecule has 150 valence electrons. The summed E-state index contributed by atoms with van der Waals surface area (Å²) in [4.78, 5) is 29.1. The van der Waals surface area contributed by atoms with Crippen LogP contribution in [0.25, 0.3) is 21.0 Å². The second kappa shape index (κ2) is 7.53. The van der Waals surface area contributed by atoms with E-state index in [2.05, 4.69) is 15.8 Å². The number of carbonyl (C=O) groups is 2. The van der Waals surface area contributed by atoms with Gasteiger partial charge in [-0.25, -0.2) is 4.98 Å². The highest BCUT2D eigenvalue weighted by Crippen LogP contribution is 2.32. The van der Waals surface area contributed by atoms with Crippen LogP contribution in [0.1, 0.15) is 10.6 Å². The Hall–Kier alpha value is -3.85. The molecular formula is C21H15N3O5S. The number of aromatic nitrogens is 1. The maximum absolute atomic E-state index is 12.3. The van der Waals surface area contributed by atoms with Gasteiger partial charge < -0.3 is 13.9 Å². The van der Waals surface area contributed by atoms with Crippen molar-refractivity contribution in [3.05, 3.63) is 66.4 Å². The Bertz CT molecular complexity index is 1220. The van der Waals surface area contributed by atoms with Gasteiger partial charge in [-0.05, 0) is 36.4 Å². The molecule has 0 bridgehead atoms. The Kier molecular flexibility index (Phi) is 4.56. The average molecular weight is 421 g/mol. The highest BCUT2D eigenvalue weighted by atomic mass is 32.1. The lowest BCUT2D eigenvalue weighted by Gasteiger charge is -2.25. The van der Waals surface area contributed by atoms with Crippen LogP contribution in [0.2, 0.25) is 0 Å². The van der Waals surface area contributed by atoms with Crippen LogP contribution in [0, 0.1) is 0 Å². The minimum atomic E-state index is -0.880. The molecule has 30 heavy (non-hydrogen) atoms. The van der Waals surface area contributed by atoms with E-state index in [9.17, 15) is 9.59 Å². The number of hydrogen-bond donors (Lipinski definition) is 2. The summed E-state index contributed by atoms with van der Waals surface area (Å²) in [6.07, 6.45) is -0.880. The number of benzene rings is 2. The molecule has 3 heterocycles. The standard InChI is InChI=1S/C21H15N3O5S/c25-19(23-24-20(26)17-11-27-13-6-2-3-7-14(13)28-17)15-9-10-16(29-15)21-22-12-5-1-4-8-18(12)30-21/h1-10,17H,11H2,(H,23,25)(H,24,26). The second-order valence-electron chi connectivity index (χ2n) is 6.46. The van der Waals surface area contributed by atoms with E-state index in [4.69, 9.17) is 13.9 Å². The molecule has 2 aromatic carbocycles. The molecule has 1 unspecified atom stereocenters. The molecule has 1 atom stereocenters. The van der Waals surface area contributed by atoms with Crippen LogP contribution in [-0.2, 0) is 4.79 Å². The fraction of sp³-hybridized carbons (Fsp3) is 0.0952. The topological polar surface area (TPSA) is 103 Å². The van der Waals surface area contributed by atoms with Crippen molar-refractivity contribution in [1.82, 2.24) is 15.8 Å². The maximum atomic E-state index is 12.3. The number of nitrogens with one attached hydrogen (secondary N) is 2. The van der Waals surface area contributed by atoms with Gasteiger partial charge in [-0.15, -0.1) is 11.3 Å². The lowest BCUT2D eigenvalue weighted by Crippen LogP contribution is -2.50. The van der Waals surface area contributed by atoms with Crippen LogP contribution in [0.5, 0.6) is 11.5 Å². The Morgan fingerprint density at radius 2 is 1.77 bits per heavy atom. The maximum Gasteiger partial charge on any atom is 0.305 e. The van der Waals surface area contributed by atoms with Crippen molar-refractivity contribution in [2.45, 2.75) is 6.10 Å². The first-order chi connectivity index (χ1) is 14.7. The van der Waals surface area contributed by atoms with E-state index in [1.54, 1.807) is 24.3 Å². The first kappa shape index (κ1) is 18.2. The number of thiazole rings is 1. The largest absolute Gasteiger partial charge is 0.485 e. The van der Waals surface area contributed by atoms with Crippen molar-refractivity contribution in [2.75, 3.05) is 6.61 Å². The molecule has 1 aliphatic rings. The summed E-state index contributed by atoms with van der Waals surface area (Å²) in [5.41, 5.74) is 5.53. The van der Waals surface area contributed by atoms with Gasteiger partial charge in [0.05, 0.1) is 10.2 Å². The zero-order valence-electron chi connectivity index (χ0n) is 15.5. The summed E-state index contributed by atoms with van der Waals surface area (Å²) < 4.78 is 17.7. The summed E-state index contributed by atoms with van der Waals surface area (Å²) >= 11 is 1.47. The van der Waals surface area contributed by atoms with Gasteiger partial charge in [-0.3, -0.25) is 20.4 Å². The Morgan fingerprint density at radius 1 is 0.967 bits per heavy atom. The van der Waals surface area contributed by atoms with Gasteiger partial charge in [0.1, 0.15) is 6.61 Å². The molecule has 2 N–H and O–H groups in total. The smallest absolute Gasteiger partial charge is 0.305 e. The van der Waals surface area contributed by atoms with E-state index < -0.39 is 17.9 Å². The summed E-state index contributed by atoms with van der Waals surface area (Å²) in [5, 5.41) is 0.672. The van der Waals surface area contributed by atoms with Crippen molar-refractivity contribution < 1.29 is 23.5 Å². The Labute approximate surface area is 174 Å². The number of ether oxygens (including phenoxy) is 2. The molecule has 0 spiro atoms. The molecule has 9 heteroatoms. The molecular weight excluding hydrogens is 406 g/mol. The van der Waals surface area contributed by atoms with Crippen molar-refractivity contribution >= 4 is 33.4 Å². The SMILES string of the molecule is O=C(NNC(=O)C1COc2ccccc2O1)c1ccc(-c2nc3ccccc3s2)o1. The molecule has 4 aromatic rings. The number of hydrazine groups is 1. The van der Waals surface area contributed by atoms with E-state index in [1.807, 2.05) is 30.3 Å². The molecule has 5 rings (SSSR count). The van der Waals surface area contributed by atoms with E-state index in [0.717, 1.165) is 10.2 Å². The van der Waals surface area contributed by atoms with Crippen LogP contribution in [-0.4, -0.2) is 29.5 Å². The lowest BCUT2D eigenvalue weighted by molar-refractivity contribution is -0.131. The summed E-state index contributed by atoms with van der Waals surface area (Å²) in [6, 6.07) is 18.0. The van der Waals surface area contributed by atoms with Crippen molar-refractivity contribution in [3.8, 4) is 22.3 Å². The lowest BCUT2D eigenvalue weighted by atomic mass is 10.2. The predicted octanol–water partition coefficient (Wildman–Crippen LogP) is 3.16. The monoisotopic (exact) mass is 421 g/mol. The fourth-order valence-corrected chi connectivity index (χ4v) is 3.89. The zero-order valence-corrected chi connectivity index (χ0v) is 16.3. The molecule has 0 fully saturated rings. The number of rotatable bonds is 3. The number of fused-ring (bicyclic) bond motifs is 2. The Balaban J connectivity index is 1.22. The van der Waals surface area contributed by atoms with Crippen molar-refractivity contribution in [1.29, 1.82) is 0 Å². The third-order valence-electron chi connectivity index (χ3n) is 4.43. The molecule has 0 aliphatic carbocycles. The molecule has 0 saturated heterocycles. The molecule has 2 aromatic heterocycles. The number of furan rings is 1. The van der Waals surface area contributed by atoms with Gasteiger partial charge in [0.2, 0.25) is 6.10 Å². The first-order valence-corrected chi connectivity index (χ1v) is 9.93. The molecule has 1 aliphatic heterocycles.